The van der Waals surface area contributed by atoms with E-state index in [0.717, 1.165) is 32.7 Å². The Balaban J connectivity index is 2.72. The van der Waals surface area contributed by atoms with Gasteiger partial charge < -0.3 is 15.1 Å². The van der Waals surface area contributed by atoms with E-state index in [9.17, 15) is 0 Å². The first-order chi connectivity index (χ1) is 10.1. The maximum absolute atomic E-state index is 3.49. The molecule has 0 unspecified atom stereocenters. The second-order valence-electron chi connectivity index (χ2n) is 6.08. The van der Waals surface area contributed by atoms with Crippen LogP contribution in [0, 0.1) is 6.92 Å². The predicted octanol–water partition coefficient (Wildman–Crippen LogP) is 3.27. The molecular formula is C18H33N3. The van der Waals surface area contributed by atoms with Gasteiger partial charge in [-0.3, -0.25) is 0 Å². The molecule has 0 radical (unpaired) electrons. The van der Waals surface area contributed by atoms with Crippen LogP contribution < -0.4 is 10.2 Å². The third-order valence-corrected chi connectivity index (χ3v) is 3.74. The van der Waals surface area contributed by atoms with Crippen molar-refractivity contribution in [1.82, 2.24) is 10.2 Å². The summed E-state index contributed by atoms with van der Waals surface area (Å²) < 4.78 is 0. The zero-order valence-corrected chi connectivity index (χ0v) is 14.6. The second kappa shape index (κ2) is 9.80. The van der Waals surface area contributed by atoms with Crippen molar-refractivity contribution in [3.8, 4) is 0 Å². The van der Waals surface area contributed by atoms with Gasteiger partial charge in [0.05, 0.1) is 0 Å². The molecule has 1 aromatic rings. The topological polar surface area (TPSA) is 18.5 Å². The number of likely N-dealkylation sites (N-methyl/N-ethyl adjacent to an activating group) is 1. The SMILES string of the molecule is CCCNCc1ccc(N(CCC)CCN(C)C)cc1C. The molecule has 3 heteroatoms. The highest BCUT2D eigenvalue weighted by atomic mass is 15.2. The fraction of sp³-hybridized carbons (Fsp3) is 0.667. The number of nitrogens with one attached hydrogen (secondary N) is 1. The lowest BCUT2D eigenvalue weighted by Gasteiger charge is -2.27. The molecule has 0 heterocycles. The Bertz CT molecular complexity index is 401. The van der Waals surface area contributed by atoms with Crippen molar-refractivity contribution in [2.75, 3.05) is 45.2 Å². The summed E-state index contributed by atoms with van der Waals surface area (Å²) in [7, 11) is 4.27. The molecule has 1 rings (SSSR count). The Hall–Kier alpha value is -1.06. The first-order valence-corrected chi connectivity index (χ1v) is 8.28. The Morgan fingerprint density at radius 3 is 2.33 bits per heavy atom. The molecule has 120 valence electrons. The van der Waals surface area contributed by atoms with Gasteiger partial charge in [-0.1, -0.05) is 19.9 Å². The van der Waals surface area contributed by atoms with E-state index >= 15 is 0 Å². The highest BCUT2D eigenvalue weighted by molar-refractivity contribution is 5.50. The first-order valence-electron chi connectivity index (χ1n) is 8.28. The molecule has 0 aliphatic heterocycles. The molecule has 0 spiro atoms. The molecule has 0 atom stereocenters. The molecule has 0 bridgehead atoms. The average Bonchev–Trinajstić information content (AvgIpc) is 2.45. The highest BCUT2D eigenvalue weighted by Gasteiger charge is 2.08. The van der Waals surface area contributed by atoms with E-state index in [1.165, 1.54) is 29.7 Å². The van der Waals surface area contributed by atoms with Crippen molar-refractivity contribution in [1.29, 1.82) is 0 Å². The van der Waals surface area contributed by atoms with E-state index in [-0.39, 0.29) is 0 Å². The summed E-state index contributed by atoms with van der Waals surface area (Å²) in [5.41, 5.74) is 4.16. The van der Waals surface area contributed by atoms with Crippen molar-refractivity contribution in [2.24, 2.45) is 0 Å². The minimum absolute atomic E-state index is 0.978. The molecule has 0 aromatic heterocycles. The summed E-state index contributed by atoms with van der Waals surface area (Å²) in [6.45, 7) is 12.1. The number of hydrogen-bond donors (Lipinski definition) is 1. The van der Waals surface area contributed by atoms with Crippen molar-refractivity contribution < 1.29 is 0 Å². The second-order valence-corrected chi connectivity index (χ2v) is 6.08. The van der Waals surface area contributed by atoms with Gasteiger partial charge in [0.25, 0.3) is 0 Å². The van der Waals surface area contributed by atoms with E-state index in [2.05, 4.69) is 68.2 Å². The molecule has 0 aliphatic rings. The Labute approximate surface area is 131 Å². The fourth-order valence-electron chi connectivity index (χ4n) is 2.44. The van der Waals surface area contributed by atoms with Gasteiger partial charge in [-0.25, -0.2) is 0 Å². The smallest absolute Gasteiger partial charge is 0.0369 e. The minimum Gasteiger partial charge on any atom is -0.370 e. The monoisotopic (exact) mass is 291 g/mol. The van der Waals surface area contributed by atoms with Crippen LogP contribution >= 0.6 is 0 Å². The van der Waals surface area contributed by atoms with Gasteiger partial charge in [0.2, 0.25) is 0 Å². The first kappa shape index (κ1) is 18.0. The molecule has 0 saturated heterocycles. The highest BCUT2D eigenvalue weighted by Crippen LogP contribution is 2.19. The lowest BCUT2D eigenvalue weighted by Crippen LogP contribution is -2.32. The molecule has 0 saturated carbocycles. The summed E-state index contributed by atoms with van der Waals surface area (Å²) in [6, 6.07) is 6.90. The number of rotatable bonds is 10. The van der Waals surface area contributed by atoms with Crippen molar-refractivity contribution in [2.45, 2.75) is 40.2 Å². The Morgan fingerprint density at radius 2 is 1.76 bits per heavy atom. The standard InChI is InChI=1S/C18H33N3/c1-6-10-19-15-17-8-9-18(14-16(17)3)21(11-7-2)13-12-20(4)5/h8-9,14,19H,6-7,10-13,15H2,1-5H3. The van der Waals surface area contributed by atoms with Gasteiger partial charge in [-0.05, 0) is 63.7 Å². The largest absolute Gasteiger partial charge is 0.370 e. The molecular weight excluding hydrogens is 258 g/mol. The van der Waals surface area contributed by atoms with Crippen LogP contribution in [0.4, 0.5) is 5.69 Å². The van der Waals surface area contributed by atoms with E-state index in [0.29, 0.717) is 0 Å². The average molecular weight is 291 g/mol. The van der Waals surface area contributed by atoms with Gasteiger partial charge >= 0.3 is 0 Å². The van der Waals surface area contributed by atoms with Gasteiger partial charge in [0.1, 0.15) is 0 Å². The van der Waals surface area contributed by atoms with Gasteiger partial charge in [0, 0.05) is 31.9 Å². The van der Waals surface area contributed by atoms with E-state index in [4.69, 9.17) is 0 Å². The van der Waals surface area contributed by atoms with Crippen LogP contribution in [0.5, 0.6) is 0 Å². The van der Waals surface area contributed by atoms with E-state index in [1.54, 1.807) is 0 Å². The molecule has 1 aromatic carbocycles. The van der Waals surface area contributed by atoms with Crippen LogP contribution in [0.3, 0.4) is 0 Å². The fourth-order valence-corrected chi connectivity index (χ4v) is 2.44. The van der Waals surface area contributed by atoms with Crippen LogP contribution in [-0.2, 0) is 6.54 Å². The number of aryl methyl sites for hydroxylation is 1. The van der Waals surface area contributed by atoms with Crippen LogP contribution in [0.2, 0.25) is 0 Å². The minimum atomic E-state index is 0.978. The molecule has 0 fully saturated rings. The van der Waals surface area contributed by atoms with Gasteiger partial charge in [-0.15, -0.1) is 0 Å². The number of nitrogens with zero attached hydrogens (tertiary/aromatic N) is 2. The maximum atomic E-state index is 3.49. The summed E-state index contributed by atoms with van der Waals surface area (Å²) in [5, 5.41) is 3.49. The summed E-state index contributed by atoms with van der Waals surface area (Å²) in [6.07, 6.45) is 2.37. The quantitative estimate of drug-likeness (QED) is 0.668. The molecule has 21 heavy (non-hydrogen) atoms. The lowest BCUT2D eigenvalue weighted by molar-refractivity contribution is 0.413. The van der Waals surface area contributed by atoms with E-state index < -0.39 is 0 Å². The zero-order valence-electron chi connectivity index (χ0n) is 14.6. The van der Waals surface area contributed by atoms with Crippen molar-refractivity contribution in [3.63, 3.8) is 0 Å². The molecule has 1 N–H and O–H groups in total. The van der Waals surface area contributed by atoms with Gasteiger partial charge in [0.15, 0.2) is 0 Å². The molecule has 0 amide bonds. The maximum Gasteiger partial charge on any atom is 0.0369 e. The number of benzene rings is 1. The van der Waals surface area contributed by atoms with Crippen LogP contribution in [0.15, 0.2) is 18.2 Å². The van der Waals surface area contributed by atoms with Crippen LogP contribution in [0.1, 0.15) is 37.8 Å². The molecule has 0 aliphatic carbocycles. The predicted molar refractivity (Wildman–Crippen MR) is 94.2 cm³/mol. The third kappa shape index (κ3) is 6.49. The van der Waals surface area contributed by atoms with Crippen LogP contribution in [-0.4, -0.2) is 45.2 Å². The molecule has 3 nitrogen and oxygen atoms in total. The lowest BCUT2D eigenvalue weighted by atomic mass is 10.1. The third-order valence-electron chi connectivity index (χ3n) is 3.74. The normalized spacial score (nSPS) is 11.1. The summed E-state index contributed by atoms with van der Waals surface area (Å²) >= 11 is 0. The van der Waals surface area contributed by atoms with Gasteiger partial charge in [-0.2, -0.15) is 0 Å². The zero-order chi connectivity index (χ0) is 15.7. The Kier molecular flexibility index (Phi) is 8.40. The number of hydrogen-bond acceptors (Lipinski definition) is 3. The Morgan fingerprint density at radius 1 is 1.00 bits per heavy atom. The van der Waals surface area contributed by atoms with Crippen molar-refractivity contribution >= 4 is 5.69 Å². The number of anilines is 1. The van der Waals surface area contributed by atoms with E-state index in [1.807, 2.05) is 0 Å². The summed E-state index contributed by atoms with van der Waals surface area (Å²) in [5.74, 6) is 0. The summed E-state index contributed by atoms with van der Waals surface area (Å²) in [4.78, 5) is 4.74. The van der Waals surface area contributed by atoms with Crippen molar-refractivity contribution in [3.05, 3.63) is 29.3 Å². The van der Waals surface area contributed by atoms with Crippen LogP contribution in [0.25, 0.3) is 0 Å².